The van der Waals surface area contributed by atoms with Crippen LogP contribution in [0.4, 0.5) is 10.5 Å². The number of hydrogen-bond acceptors (Lipinski definition) is 4. The number of fused-ring (bicyclic) bond motifs is 1. The third kappa shape index (κ3) is 4.07. The highest BCUT2D eigenvalue weighted by Crippen LogP contribution is 2.21. The van der Waals surface area contributed by atoms with E-state index in [1.807, 2.05) is 75.4 Å². The lowest BCUT2D eigenvalue weighted by atomic mass is 10.1. The number of carbonyl (C=O) groups excluding carboxylic acids is 1. The van der Waals surface area contributed by atoms with Crippen molar-refractivity contribution in [2.24, 2.45) is 5.10 Å². The second-order valence-electron chi connectivity index (χ2n) is 6.68. The fourth-order valence-electron chi connectivity index (χ4n) is 2.46. The van der Waals surface area contributed by atoms with Crippen LogP contribution in [-0.2, 0) is 4.74 Å². The van der Waals surface area contributed by atoms with Gasteiger partial charge in [-0.15, -0.1) is 0 Å². The van der Waals surface area contributed by atoms with Crippen molar-refractivity contribution in [1.29, 1.82) is 0 Å². The molecule has 0 aliphatic heterocycles. The van der Waals surface area contributed by atoms with Gasteiger partial charge in [-0.3, -0.25) is 9.99 Å². The molecule has 0 fully saturated rings. The molecule has 0 spiro atoms. The molecule has 0 amide bonds. The van der Waals surface area contributed by atoms with E-state index in [0.717, 1.165) is 22.2 Å². The molecule has 0 radical (unpaired) electrons. The van der Waals surface area contributed by atoms with Crippen LogP contribution in [0, 0.1) is 0 Å². The topological polar surface area (TPSA) is 55.6 Å². The Hall–Kier alpha value is -3.08. The molecular formula is C20H21N3O2. The summed E-state index contributed by atoms with van der Waals surface area (Å²) in [5.74, 6) is 0. The maximum Gasteiger partial charge on any atom is 0.418 e. The fourth-order valence-corrected chi connectivity index (χ4v) is 2.46. The number of rotatable bonds is 3. The number of anilines is 1. The highest BCUT2D eigenvalue weighted by Gasteiger charge is 2.19. The van der Waals surface area contributed by atoms with Crippen molar-refractivity contribution < 1.29 is 9.53 Å². The Labute approximate surface area is 146 Å². The molecule has 2 aromatic carbocycles. The summed E-state index contributed by atoms with van der Waals surface area (Å²) in [6, 6.07) is 17.4. The molecule has 128 valence electrons. The lowest BCUT2D eigenvalue weighted by Crippen LogP contribution is -2.26. The Morgan fingerprint density at radius 2 is 1.84 bits per heavy atom. The van der Waals surface area contributed by atoms with Crippen molar-refractivity contribution in [3.63, 3.8) is 0 Å². The summed E-state index contributed by atoms with van der Waals surface area (Å²) in [5.41, 5.74) is 5.08. The number of nitrogens with one attached hydrogen (secondary N) is 1. The van der Waals surface area contributed by atoms with Gasteiger partial charge in [-0.05, 0) is 45.0 Å². The van der Waals surface area contributed by atoms with Crippen molar-refractivity contribution in [2.45, 2.75) is 26.4 Å². The molecule has 3 aromatic rings. The first-order valence-corrected chi connectivity index (χ1v) is 8.11. The molecule has 0 aliphatic rings. The van der Waals surface area contributed by atoms with Gasteiger partial charge in [-0.25, -0.2) is 4.79 Å². The lowest BCUT2D eigenvalue weighted by molar-refractivity contribution is 0.0544. The third-order valence-electron chi connectivity index (χ3n) is 3.53. The summed E-state index contributed by atoms with van der Waals surface area (Å²) < 4.78 is 6.96. The van der Waals surface area contributed by atoms with Gasteiger partial charge in [0.2, 0.25) is 0 Å². The van der Waals surface area contributed by atoms with E-state index in [2.05, 4.69) is 10.5 Å². The van der Waals surface area contributed by atoms with Gasteiger partial charge in [0.1, 0.15) is 5.60 Å². The zero-order valence-electron chi connectivity index (χ0n) is 14.6. The number of ether oxygens (including phenoxy) is 1. The molecule has 0 bridgehead atoms. The smallest absolute Gasteiger partial charge is 0.418 e. The van der Waals surface area contributed by atoms with E-state index in [4.69, 9.17) is 4.74 Å². The van der Waals surface area contributed by atoms with E-state index in [1.165, 1.54) is 4.57 Å². The van der Waals surface area contributed by atoms with Crippen molar-refractivity contribution in [1.82, 2.24) is 4.57 Å². The third-order valence-corrected chi connectivity index (χ3v) is 3.53. The number of nitrogens with zero attached hydrogens (tertiary/aromatic N) is 2. The summed E-state index contributed by atoms with van der Waals surface area (Å²) in [4.78, 5) is 12.3. The summed E-state index contributed by atoms with van der Waals surface area (Å²) in [6.07, 6.45) is 3.08. The molecule has 0 atom stereocenters. The molecule has 5 heteroatoms. The maximum absolute atomic E-state index is 12.3. The van der Waals surface area contributed by atoms with Crippen molar-refractivity contribution in [3.05, 3.63) is 66.4 Å². The van der Waals surface area contributed by atoms with E-state index in [1.54, 1.807) is 12.4 Å². The fraction of sp³-hybridized carbons (Fsp3) is 0.200. The van der Waals surface area contributed by atoms with Crippen LogP contribution in [0.25, 0.3) is 10.9 Å². The number of carbonyl (C=O) groups is 1. The largest absolute Gasteiger partial charge is 0.443 e. The van der Waals surface area contributed by atoms with Crippen LogP contribution < -0.4 is 5.43 Å². The molecule has 0 aliphatic carbocycles. The molecule has 3 rings (SSSR count). The first-order valence-electron chi connectivity index (χ1n) is 8.11. The summed E-state index contributed by atoms with van der Waals surface area (Å²) in [6.45, 7) is 5.55. The molecular weight excluding hydrogens is 314 g/mol. The van der Waals surface area contributed by atoms with Crippen LogP contribution in [0.15, 0.2) is 65.9 Å². The van der Waals surface area contributed by atoms with Crippen LogP contribution in [0.2, 0.25) is 0 Å². The summed E-state index contributed by atoms with van der Waals surface area (Å²) in [7, 11) is 0. The van der Waals surface area contributed by atoms with Crippen molar-refractivity contribution in [2.75, 3.05) is 5.43 Å². The van der Waals surface area contributed by atoms with Gasteiger partial charge in [-0.1, -0.05) is 30.3 Å². The Kier molecular flexibility index (Phi) is 4.57. The number of hydrazone groups is 1. The Morgan fingerprint density at radius 1 is 1.08 bits per heavy atom. The first-order chi connectivity index (χ1) is 11.9. The van der Waals surface area contributed by atoms with Crippen LogP contribution in [0.5, 0.6) is 0 Å². The van der Waals surface area contributed by atoms with Crippen LogP contribution in [0.3, 0.4) is 0 Å². The van der Waals surface area contributed by atoms with E-state index < -0.39 is 5.60 Å². The maximum atomic E-state index is 12.3. The van der Waals surface area contributed by atoms with E-state index in [0.29, 0.717) is 0 Å². The quantitative estimate of drug-likeness (QED) is 0.549. The monoisotopic (exact) mass is 335 g/mol. The summed E-state index contributed by atoms with van der Waals surface area (Å²) >= 11 is 0. The molecule has 1 heterocycles. The number of hydrogen-bond donors (Lipinski definition) is 1. The molecule has 0 unspecified atom stereocenters. The van der Waals surface area contributed by atoms with E-state index in [9.17, 15) is 4.79 Å². The van der Waals surface area contributed by atoms with Crippen LogP contribution in [0.1, 0.15) is 26.3 Å². The van der Waals surface area contributed by atoms with Gasteiger partial charge in [0.05, 0.1) is 17.4 Å². The minimum atomic E-state index is -0.535. The molecule has 0 saturated heterocycles. The lowest BCUT2D eigenvalue weighted by Gasteiger charge is -2.19. The number of para-hydroxylation sites is 1. The first kappa shape index (κ1) is 16.8. The Balaban J connectivity index is 1.85. The average molecular weight is 335 g/mol. The highest BCUT2D eigenvalue weighted by atomic mass is 16.6. The molecule has 1 N–H and O–H groups in total. The number of aromatic nitrogens is 1. The van der Waals surface area contributed by atoms with Gasteiger partial charge in [0.25, 0.3) is 0 Å². The Morgan fingerprint density at radius 3 is 2.56 bits per heavy atom. The second-order valence-corrected chi connectivity index (χ2v) is 6.68. The number of benzene rings is 2. The summed E-state index contributed by atoms with van der Waals surface area (Å²) in [5, 5.41) is 5.21. The zero-order valence-corrected chi connectivity index (χ0v) is 14.6. The average Bonchev–Trinajstić information content (AvgIpc) is 2.99. The standard InChI is InChI=1S/C20H21N3O2/c1-20(2,3)25-19(24)23-13-12-17-15(8-7-11-18(17)23)14-21-22-16-9-5-4-6-10-16/h4-14,22H,1-3H3. The van der Waals surface area contributed by atoms with E-state index in [-0.39, 0.29) is 6.09 Å². The van der Waals surface area contributed by atoms with Gasteiger partial charge in [-0.2, -0.15) is 5.10 Å². The Bertz CT molecular complexity index is 906. The minimum Gasteiger partial charge on any atom is -0.443 e. The van der Waals surface area contributed by atoms with Crippen LogP contribution in [-0.4, -0.2) is 22.5 Å². The van der Waals surface area contributed by atoms with Gasteiger partial charge in [0.15, 0.2) is 0 Å². The molecule has 25 heavy (non-hydrogen) atoms. The highest BCUT2D eigenvalue weighted by molar-refractivity contribution is 6.01. The van der Waals surface area contributed by atoms with Crippen LogP contribution >= 0.6 is 0 Å². The van der Waals surface area contributed by atoms with Gasteiger partial charge in [0, 0.05) is 17.1 Å². The predicted octanol–water partition coefficient (Wildman–Crippen LogP) is 4.87. The minimum absolute atomic E-state index is 0.390. The normalized spacial score (nSPS) is 11.8. The SMILES string of the molecule is CC(C)(C)OC(=O)n1ccc2c(C=NNc3ccccc3)cccc21. The molecule has 1 aromatic heterocycles. The zero-order chi connectivity index (χ0) is 17.9. The second kappa shape index (κ2) is 6.81. The van der Waals surface area contributed by atoms with Crippen molar-refractivity contribution >= 4 is 28.9 Å². The van der Waals surface area contributed by atoms with E-state index >= 15 is 0 Å². The van der Waals surface area contributed by atoms with Gasteiger partial charge < -0.3 is 4.74 Å². The molecule has 5 nitrogen and oxygen atoms in total. The van der Waals surface area contributed by atoms with Crippen molar-refractivity contribution in [3.8, 4) is 0 Å². The molecule has 0 saturated carbocycles. The van der Waals surface area contributed by atoms with Gasteiger partial charge >= 0.3 is 6.09 Å². The predicted molar refractivity (Wildman–Crippen MR) is 101 cm³/mol.